The number of hydrogen-bond acceptors (Lipinski definition) is 6. The number of aromatic nitrogens is 3. The first-order chi connectivity index (χ1) is 18.4. The highest BCUT2D eigenvalue weighted by Gasteiger charge is 2.26. The maximum Gasteiger partial charge on any atom is 0.323 e. The minimum Gasteiger partial charge on any atom is -0.379 e. The average molecular weight is 533 g/mol. The summed E-state index contributed by atoms with van der Waals surface area (Å²) in [5.41, 5.74) is 4.73. The molecule has 196 valence electrons. The molecule has 0 aliphatic carbocycles. The molecule has 0 atom stereocenters. The molecule has 1 saturated heterocycles. The highest BCUT2D eigenvalue weighted by Crippen LogP contribution is 2.32. The monoisotopic (exact) mass is 532 g/mol. The van der Waals surface area contributed by atoms with E-state index in [2.05, 4.69) is 15.6 Å². The van der Waals surface area contributed by atoms with Crippen molar-refractivity contribution in [2.45, 2.75) is 18.4 Å². The number of amides is 2. The zero-order valence-electron chi connectivity index (χ0n) is 20.9. The van der Waals surface area contributed by atoms with E-state index in [0.29, 0.717) is 37.7 Å². The Morgan fingerprint density at radius 2 is 1.66 bits per heavy atom. The number of rotatable bonds is 7. The minimum absolute atomic E-state index is 0.177. The molecule has 2 aromatic carbocycles. The van der Waals surface area contributed by atoms with E-state index < -0.39 is 16.1 Å². The van der Waals surface area contributed by atoms with Gasteiger partial charge in [0.05, 0.1) is 18.1 Å². The van der Waals surface area contributed by atoms with Crippen molar-refractivity contribution in [1.29, 1.82) is 0 Å². The lowest BCUT2D eigenvalue weighted by atomic mass is 10.0. The third kappa shape index (κ3) is 5.59. The Labute approximate surface area is 221 Å². The predicted molar refractivity (Wildman–Crippen MR) is 145 cm³/mol. The van der Waals surface area contributed by atoms with Gasteiger partial charge in [-0.2, -0.15) is 9.40 Å². The molecular weight excluding hydrogens is 504 g/mol. The first kappa shape index (κ1) is 25.6. The third-order valence-electron chi connectivity index (χ3n) is 6.19. The molecule has 4 aromatic rings. The van der Waals surface area contributed by atoms with E-state index in [1.165, 1.54) is 16.4 Å². The van der Waals surface area contributed by atoms with Crippen LogP contribution in [0.2, 0.25) is 0 Å². The molecule has 0 bridgehead atoms. The summed E-state index contributed by atoms with van der Waals surface area (Å²) >= 11 is 0. The standard InChI is InChI=1S/C27H28N6O4S/c1-2-32-19-25(26(31-32)20-10-12-28-13-11-20)21-4-3-5-23(18-21)30-27(34)29-22-6-8-24(9-7-22)38(35,36)33-14-16-37-17-15-33/h3-13,18-19H,2,14-17H2,1H3,(H2,29,30,34). The van der Waals surface area contributed by atoms with Gasteiger partial charge in [0.2, 0.25) is 10.0 Å². The van der Waals surface area contributed by atoms with Gasteiger partial charge in [-0.15, -0.1) is 0 Å². The van der Waals surface area contributed by atoms with Crippen LogP contribution in [-0.4, -0.2) is 59.8 Å². The number of hydrogen-bond donors (Lipinski definition) is 2. The number of nitrogens with one attached hydrogen (secondary N) is 2. The van der Waals surface area contributed by atoms with Crippen molar-refractivity contribution >= 4 is 27.4 Å². The van der Waals surface area contributed by atoms with Gasteiger partial charge in [-0.1, -0.05) is 12.1 Å². The van der Waals surface area contributed by atoms with Crippen molar-refractivity contribution in [3.63, 3.8) is 0 Å². The summed E-state index contributed by atoms with van der Waals surface area (Å²) in [6, 6.07) is 17.1. The molecule has 3 heterocycles. The number of pyridine rings is 1. The molecule has 2 N–H and O–H groups in total. The Balaban J connectivity index is 1.29. The maximum absolute atomic E-state index is 12.8. The lowest BCUT2D eigenvalue weighted by Gasteiger charge is -2.26. The van der Waals surface area contributed by atoms with Crippen LogP contribution in [0.5, 0.6) is 0 Å². The molecule has 1 aliphatic rings. The number of sulfonamides is 1. The van der Waals surface area contributed by atoms with Gasteiger partial charge in [0.25, 0.3) is 0 Å². The maximum atomic E-state index is 12.8. The SMILES string of the molecule is CCn1cc(-c2cccc(NC(=O)Nc3ccc(S(=O)(=O)N4CCOCC4)cc3)c2)c(-c2ccncc2)n1. The molecule has 10 nitrogen and oxygen atoms in total. The van der Waals surface area contributed by atoms with E-state index in [-0.39, 0.29) is 4.90 Å². The lowest BCUT2D eigenvalue weighted by Crippen LogP contribution is -2.40. The molecule has 0 radical (unpaired) electrons. The predicted octanol–water partition coefficient (Wildman–Crippen LogP) is 4.30. The number of aryl methyl sites for hydroxylation is 1. The number of ether oxygens (including phenoxy) is 1. The van der Waals surface area contributed by atoms with Crippen LogP contribution < -0.4 is 10.6 Å². The molecule has 0 saturated carbocycles. The fraction of sp³-hybridized carbons (Fsp3) is 0.222. The topological polar surface area (TPSA) is 118 Å². The Morgan fingerprint density at radius 1 is 0.947 bits per heavy atom. The van der Waals surface area contributed by atoms with Crippen LogP contribution in [0.4, 0.5) is 16.2 Å². The Hall–Kier alpha value is -4.06. The van der Waals surface area contributed by atoms with Crippen LogP contribution in [-0.2, 0) is 21.3 Å². The molecule has 2 aromatic heterocycles. The van der Waals surface area contributed by atoms with Gasteiger partial charge >= 0.3 is 6.03 Å². The van der Waals surface area contributed by atoms with Crippen molar-refractivity contribution in [2.75, 3.05) is 36.9 Å². The van der Waals surface area contributed by atoms with E-state index in [1.807, 2.05) is 48.1 Å². The molecule has 5 rings (SSSR count). The average Bonchev–Trinajstić information content (AvgIpc) is 3.39. The van der Waals surface area contributed by atoms with E-state index in [9.17, 15) is 13.2 Å². The zero-order chi connectivity index (χ0) is 26.5. The van der Waals surface area contributed by atoms with Crippen LogP contribution in [0.15, 0.2) is 84.1 Å². The summed E-state index contributed by atoms with van der Waals surface area (Å²) in [6.45, 7) is 4.17. The van der Waals surface area contributed by atoms with E-state index in [4.69, 9.17) is 9.84 Å². The van der Waals surface area contributed by atoms with Crippen LogP contribution in [0.25, 0.3) is 22.4 Å². The quantitative estimate of drug-likeness (QED) is 0.366. The van der Waals surface area contributed by atoms with Crippen LogP contribution in [0, 0.1) is 0 Å². The highest BCUT2D eigenvalue weighted by atomic mass is 32.2. The summed E-state index contributed by atoms with van der Waals surface area (Å²) in [6.07, 6.45) is 5.45. The van der Waals surface area contributed by atoms with Crippen LogP contribution in [0.3, 0.4) is 0 Å². The summed E-state index contributed by atoms with van der Waals surface area (Å²) in [5, 5.41) is 10.3. The second-order valence-corrected chi connectivity index (χ2v) is 10.6. The summed E-state index contributed by atoms with van der Waals surface area (Å²) in [4.78, 5) is 17.0. The molecule has 2 amide bonds. The van der Waals surface area contributed by atoms with Crippen LogP contribution >= 0.6 is 0 Å². The number of carbonyl (C=O) groups is 1. The lowest BCUT2D eigenvalue weighted by molar-refractivity contribution is 0.0730. The molecule has 0 unspecified atom stereocenters. The summed E-state index contributed by atoms with van der Waals surface area (Å²) in [5.74, 6) is 0. The smallest absolute Gasteiger partial charge is 0.323 e. The number of carbonyl (C=O) groups excluding carboxylic acids is 1. The summed E-state index contributed by atoms with van der Waals surface area (Å²) < 4.78 is 34.1. The first-order valence-corrected chi connectivity index (χ1v) is 13.7. The second kappa shape index (κ2) is 11.1. The van der Waals surface area contributed by atoms with Gasteiger partial charge in [0.1, 0.15) is 5.69 Å². The summed E-state index contributed by atoms with van der Waals surface area (Å²) in [7, 11) is -3.60. The molecule has 38 heavy (non-hydrogen) atoms. The zero-order valence-corrected chi connectivity index (χ0v) is 21.7. The number of morpholine rings is 1. The fourth-order valence-corrected chi connectivity index (χ4v) is 5.63. The van der Waals surface area contributed by atoms with Crippen molar-refractivity contribution in [3.8, 4) is 22.4 Å². The number of urea groups is 1. The van der Waals surface area contributed by atoms with E-state index in [0.717, 1.165) is 28.9 Å². The Bertz CT molecular complexity index is 1510. The van der Waals surface area contributed by atoms with Gasteiger partial charge in [-0.3, -0.25) is 9.67 Å². The fourth-order valence-electron chi connectivity index (χ4n) is 4.22. The van der Waals surface area contributed by atoms with E-state index >= 15 is 0 Å². The molecule has 1 fully saturated rings. The van der Waals surface area contributed by atoms with E-state index in [1.54, 1.807) is 30.6 Å². The first-order valence-electron chi connectivity index (χ1n) is 12.3. The van der Waals surface area contributed by atoms with Crippen molar-refractivity contribution in [2.24, 2.45) is 0 Å². The molecule has 11 heteroatoms. The number of nitrogens with zero attached hydrogens (tertiary/aromatic N) is 4. The minimum atomic E-state index is -3.60. The number of benzene rings is 2. The molecule has 0 spiro atoms. The highest BCUT2D eigenvalue weighted by molar-refractivity contribution is 7.89. The van der Waals surface area contributed by atoms with Gasteiger partial charge in [0, 0.05) is 60.7 Å². The Kier molecular flexibility index (Phi) is 7.50. The van der Waals surface area contributed by atoms with Crippen molar-refractivity contribution < 1.29 is 17.9 Å². The largest absolute Gasteiger partial charge is 0.379 e. The Morgan fingerprint density at radius 3 is 2.37 bits per heavy atom. The normalized spacial score (nSPS) is 14.2. The van der Waals surface area contributed by atoms with Crippen molar-refractivity contribution in [3.05, 3.63) is 79.3 Å². The third-order valence-corrected chi connectivity index (χ3v) is 8.10. The second-order valence-electron chi connectivity index (χ2n) is 8.68. The van der Waals surface area contributed by atoms with Gasteiger partial charge < -0.3 is 15.4 Å². The van der Waals surface area contributed by atoms with Gasteiger partial charge in [-0.25, -0.2) is 13.2 Å². The van der Waals surface area contributed by atoms with Crippen molar-refractivity contribution in [1.82, 2.24) is 19.1 Å². The van der Waals surface area contributed by atoms with Gasteiger partial charge in [0.15, 0.2) is 0 Å². The number of anilines is 2. The van der Waals surface area contributed by atoms with Crippen LogP contribution in [0.1, 0.15) is 6.92 Å². The molecule has 1 aliphatic heterocycles. The van der Waals surface area contributed by atoms with Gasteiger partial charge in [-0.05, 0) is 61.0 Å². The molecular formula is C27H28N6O4S.